The van der Waals surface area contributed by atoms with Crippen molar-refractivity contribution in [1.29, 1.82) is 0 Å². The number of carboxylic acids is 1. The first-order valence-corrected chi connectivity index (χ1v) is 8.17. The standard InChI is InChI=1S/C14H19NO5S/c1-10-12(14(16)17)6-3-7-13(10)21(18,19)15-8-4-5-11(9-15)20-2/h3,6-7,11H,4-5,8-9H2,1-2H3,(H,16,17). The van der Waals surface area contributed by atoms with E-state index in [9.17, 15) is 13.2 Å². The molecule has 1 saturated heterocycles. The third kappa shape index (κ3) is 3.09. The van der Waals surface area contributed by atoms with Crippen LogP contribution in [0.1, 0.15) is 28.8 Å². The lowest BCUT2D eigenvalue weighted by Gasteiger charge is -2.31. The maximum Gasteiger partial charge on any atom is 0.335 e. The Kier molecular flexibility index (Phi) is 4.65. The third-order valence-electron chi connectivity index (χ3n) is 3.81. The summed E-state index contributed by atoms with van der Waals surface area (Å²) in [5.74, 6) is -1.13. The number of ether oxygens (including phenoxy) is 1. The van der Waals surface area contributed by atoms with E-state index < -0.39 is 16.0 Å². The average Bonchev–Trinajstić information content (AvgIpc) is 2.47. The van der Waals surface area contributed by atoms with Crippen molar-refractivity contribution in [2.75, 3.05) is 20.2 Å². The van der Waals surface area contributed by atoms with Gasteiger partial charge in [0.25, 0.3) is 0 Å². The Morgan fingerprint density at radius 3 is 2.76 bits per heavy atom. The Labute approximate surface area is 124 Å². The molecule has 1 aliphatic heterocycles. The maximum atomic E-state index is 12.7. The van der Waals surface area contributed by atoms with Crippen molar-refractivity contribution in [2.45, 2.75) is 30.8 Å². The number of hydrogen-bond acceptors (Lipinski definition) is 4. The number of benzene rings is 1. The smallest absolute Gasteiger partial charge is 0.335 e. The molecule has 0 aromatic heterocycles. The SMILES string of the molecule is COC1CCCN(S(=O)(=O)c2cccc(C(=O)O)c2C)C1. The summed E-state index contributed by atoms with van der Waals surface area (Å²) in [6.07, 6.45) is 1.45. The number of carboxylic acid groups (broad SMARTS) is 1. The molecule has 1 unspecified atom stereocenters. The lowest BCUT2D eigenvalue weighted by atomic mass is 10.1. The number of hydrogen-bond donors (Lipinski definition) is 1. The summed E-state index contributed by atoms with van der Waals surface area (Å²) < 4.78 is 32.1. The van der Waals surface area contributed by atoms with Crippen molar-refractivity contribution >= 4 is 16.0 Å². The lowest BCUT2D eigenvalue weighted by molar-refractivity contribution is 0.0571. The number of aromatic carboxylic acids is 1. The first kappa shape index (κ1) is 15.9. The summed E-state index contributed by atoms with van der Waals surface area (Å²) >= 11 is 0. The summed E-state index contributed by atoms with van der Waals surface area (Å²) in [7, 11) is -2.14. The molecular formula is C14H19NO5S. The van der Waals surface area contributed by atoms with Gasteiger partial charge in [-0.2, -0.15) is 4.31 Å². The minimum atomic E-state index is -3.70. The predicted octanol–water partition coefficient (Wildman–Crippen LogP) is 1.49. The molecule has 1 fully saturated rings. The van der Waals surface area contributed by atoms with E-state index in [-0.39, 0.29) is 22.1 Å². The van der Waals surface area contributed by atoms with Gasteiger partial charge in [-0.1, -0.05) is 6.07 Å². The second-order valence-electron chi connectivity index (χ2n) is 5.10. The molecule has 0 aliphatic carbocycles. The molecule has 1 heterocycles. The van der Waals surface area contributed by atoms with E-state index in [1.165, 1.54) is 29.4 Å². The zero-order valence-electron chi connectivity index (χ0n) is 12.1. The third-order valence-corrected chi connectivity index (χ3v) is 5.82. The molecule has 1 aromatic rings. The van der Waals surface area contributed by atoms with Crippen LogP contribution in [0.3, 0.4) is 0 Å². The maximum absolute atomic E-state index is 12.7. The van der Waals surface area contributed by atoms with Gasteiger partial charge in [-0.05, 0) is 37.5 Å². The fraction of sp³-hybridized carbons (Fsp3) is 0.500. The molecule has 0 amide bonds. The van der Waals surface area contributed by atoms with Crippen LogP contribution in [0.5, 0.6) is 0 Å². The number of sulfonamides is 1. The molecule has 0 radical (unpaired) electrons. The van der Waals surface area contributed by atoms with E-state index >= 15 is 0 Å². The summed E-state index contributed by atoms with van der Waals surface area (Å²) in [5.41, 5.74) is 0.279. The molecular weight excluding hydrogens is 294 g/mol. The van der Waals surface area contributed by atoms with Crippen LogP contribution in [0.15, 0.2) is 23.1 Å². The van der Waals surface area contributed by atoms with Gasteiger partial charge in [0.15, 0.2) is 0 Å². The van der Waals surface area contributed by atoms with Crippen molar-refractivity contribution in [1.82, 2.24) is 4.31 Å². The lowest BCUT2D eigenvalue weighted by Crippen LogP contribution is -2.43. The molecule has 116 valence electrons. The molecule has 1 aromatic carbocycles. The Bertz CT molecular complexity index is 641. The number of carbonyl (C=O) groups is 1. The van der Waals surface area contributed by atoms with E-state index in [1.807, 2.05) is 0 Å². The highest BCUT2D eigenvalue weighted by molar-refractivity contribution is 7.89. The molecule has 0 saturated carbocycles. The molecule has 7 heteroatoms. The van der Waals surface area contributed by atoms with Gasteiger partial charge in [-0.3, -0.25) is 0 Å². The second-order valence-corrected chi connectivity index (χ2v) is 7.00. The number of piperidine rings is 1. The van der Waals surface area contributed by atoms with E-state index in [0.29, 0.717) is 13.1 Å². The van der Waals surface area contributed by atoms with Crippen molar-refractivity contribution < 1.29 is 23.1 Å². The largest absolute Gasteiger partial charge is 0.478 e. The summed E-state index contributed by atoms with van der Waals surface area (Å²) in [6, 6.07) is 4.32. The summed E-state index contributed by atoms with van der Waals surface area (Å²) in [5, 5.41) is 9.12. The fourth-order valence-electron chi connectivity index (χ4n) is 2.58. The zero-order valence-corrected chi connectivity index (χ0v) is 12.9. The van der Waals surface area contributed by atoms with Gasteiger partial charge in [0.2, 0.25) is 10.0 Å². The van der Waals surface area contributed by atoms with Gasteiger partial charge in [-0.25, -0.2) is 13.2 Å². The van der Waals surface area contributed by atoms with Gasteiger partial charge in [0, 0.05) is 20.2 Å². The van der Waals surface area contributed by atoms with Crippen LogP contribution in [0.2, 0.25) is 0 Å². The van der Waals surface area contributed by atoms with Crippen molar-refractivity contribution in [3.63, 3.8) is 0 Å². The van der Waals surface area contributed by atoms with Crippen molar-refractivity contribution in [2.24, 2.45) is 0 Å². The normalized spacial score (nSPS) is 20.4. The highest BCUT2D eigenvalue weighted by Crippen LogP contribution is 2.25. The number of methoxy groups -OCH3 is 1. The number of rotatable bonds is 4. The minimum Gasteiger partial charge on any atom is -0.478 e. The van der Waals surface area contributed by atoms with Crippen LogP contribution in [0, 0.1) is 6.92 Å². The van der Waals surface area contributed by atoms with E-state index in [4.69, 9.17) is 9.84 Å². The molecule has 1 aliphatic rings. The van der Waals surface area contributed by atoms with Crippen molar-refractivity contribution in [3.05, 3.63) is 29.3 Å². The second kappa shape index (κ2) is 6.13. The Balaban J connectivity index is 2.40. The van der Waals surface area contributed by atoms with Crippen LogP contribution in [0.25, 0.3) is 0 Å². The first-order valence-electron chi connectivity index (χ1n) is 6.73. The van der Waals surface area contributed by atoms with E-state index in [0.717, 1.165) is 12.8 Å². The average molecular weight is 313 g/mol. The highest BCUT2D eigenvalue weighted by Gasteiger charge is 2.32. The van der Waals surface area contributed by atoms with Crippen LogP contribution in [-0.4, -0.2) is 50.1 Å². The molecule has 6 nitrogen and oxygen atoms in total. The van der Waals surface area contributed by atoms with E-state index in [1.54, 1.807) is 7.11 Å². The Hall–Kier alpha value is -1.44. The summed E-state index contributed by atoms with van der Waals surface area (Å²) in [6.45, 7) is 2.25. The highest BCUT2D eigenvalue weighted by atomic mass is 32.2. The van der Waals surface area contributed by atoms with E-state index in [2.05, 4.69) is 0 Å². The van der Waals surface area contributed by atoms with Gasteiger partial charge >= 0.3 is 5.97 Å². The number of nitrogens with zero attached hydrogens (tertiary/aromatic N) is 1. The van der Waals surface area contributed by atoms with Gasteiger partial charge in [0.05, 0.1) is 16.6 Å². The minimum absolute atomic E-state index is 0.0105. The molecule has 21 heavy (non-hydrogen) atoms. The molecule has 0 spiro atoms. The molecule has 0 bridgehead atoms. The van der Waals surface area contributed by atoms with Gasteiger partial charge < -0.3 is 9.84 Å². The van der Waals surface area contributed by atoms with Crippen LogP contribution in [-0.2, 0) is 14.8 Å². The quantitative estimate of drug-likeness (QED) is 0.910. The summed E-state index contributed by atoms with van der Waals surface area (Å²) in [4.78, 5) is 11.2. The zero-order chi connectivity index (χ0) is 15.6. The molecule has 1 N–H and O–H groups in total. The van der Waals surface area contributed by atoms with Crippen LogP contribution >= 0.6 is 0 Å². The first-order chi connectivity index (χ1) is 9.87. The fourth-order valence-corrected chi connectivity index (χ4v) is 4.34. The monoisotopic (exact) mass is 313 g/mol. The van der Waals surface area contributed by atoms with Crippen LogP contribution < -0.4 is 0 Å². The van der Waals surface area contributed by atoms with Gasteiger partial charge in [0.1, 0.15) is 0 Å². The topological polar surface area (TPSA) is 83.9 Å². The molecule has 2 rings (SSSR count). The molecule has 1 atom stereocenters. The predicted molar refractivity (Wildman–Crippen MR) is 76.9 cm³/mol. The Morgan fingerprint density at radius 1 is 1.43 bits per heavy atom. The van der Waals surface area contributed by atoms with Crippen molar-refractivity contribution in [3.8, 4) is 0 Å². The van der Waals surface area contributed by atoms with Gasteiger partial charge in [-0.15, -0.1) is 0 Å². The van der Waals surface area contributed by atoms with Crippen LogP contribution in [0.4, 0.5) is 0 Å². The Morgan fingerprint density at radius 2 is 2.14 bits per heavy atom.